The predicted octanol–water partition coefficient (Wildman–Crippen LogP) is 2.01. The molecule has 6 nitrogen and oxygen atoms in total. The summed E-state index contributed by atoms with van der Waals surface area (Å²) >= 11 is 0. The van der Waals surface area contributed by atoms with E-state index >= 15 is 0 Å². The third kappa shape index (κ3) is 4.47. The van der Waals surface area contributed by atoms with Gasteiger partial charge in [-0.1, -0.05) is 18.2 Å². The molecular formula is C18H25NO5. The molecule has 0 radical (unpaired) electrons. The Kier molecular flexibility index (Phi) is 6.20. The van der Waals surface area contributed by atoms with Crippen molar-refractivity contribution in [2.24, 2.45) is 5.92 Å². The molecule has 1 saturated carbocycles. The zero-order valence-corrected chi connectivity index (χ0v) is 14.2. The third-order valence-corrected chi connectivity index (χ3v) is 4.73. The van der Waals surface area contributed by atoms with Gasteiger partial charge in [0.25, 0.3) is 0 Å². The van der Waals surface area contributed by atoms with E-state index in [1.165, 1.54) is 0 Å². The smallest absolute Gasteiger partial charge is 0.308 e. The summed E-state index contributed by atoms with van der Waals surface area (Å²) in [5.41, 5.74) is 0.458. The molecule has 24 heavy (non-hydrogen) atoms. The second-order valence-electron chi connectivity index (χ2n) is 6.27. The summed E-state index contributed by atoms with van der Waals surface area (Å²) in [6, 6.07) is 7.31. The van der Waals surface area contributed by atoms with Crippen LogP contribution < -0.4 is 10.1 Å². The van der Waals surface area contributed by atoms with E-state index < -0.39 is 11.9 Å². The van der Waals surface area contributed by atoms with Crippen molar-refractivity contribution < 1.29 is 24.2 Å². The van der Waals surface area contributed by atoms with Crippen molar-refractivity contribution in [1.82, 2.24) is 5.32 Å². The monoisotopic (exact) mass is 335 g/mol. The van der Waals surface area contributed by atoms with Crippen LogP contribution in [0.15, 0.2) is 24.3 Å². The Hall–Kier alpha value is -2.08. The number of carbonyl (C=O) groups excluding carboxylic acids is 1. The van der Waals surface area contributed by atoms with E-state index in [9.17, 15) is 14.7 Å². The molecular weight excluding hydrogens is 310 g/mol. The molecule has 1 amide bonds. The van der Waals surface area contributed by atoms with Gasteiger partial charge in [-0.3, -0.25) is 9.59 Å². The lowest BCUT2D eigenvalue weighted by Crippen LogP contribution is -2.45. The maximum absolute atomic E-state index is 12.1. The molecule has 1 aromatic carbocycles. The van der Waals surface area contributed by atoms with E-state index in [1.54, 1.807) is 20.3 Å². The lowest BCUT2D eigenvalue weighted by atomic mass is 9.77. The highest BCUT2D eigenvalue weighted by Crippen LogP contribution is 2.37. The van der Waals surface area contributed by atoms with Crippen LogP contribution in [0.4, 0.5) is 0 Å². The van der Waals surface area contributed by atoms with Gasteiger partial charge >= 0.3 is 5.97 Å². The van der Waals surface area contributed by atoms with Gasteiger partial charge in [-0.25, -0.2) is 0 Å². The number of para-hydroxylation sites is 1. The van der Waals surface area contributed by atoms with E-state index in [-0.39, 0.29) is 24.5 Å². The number of hydrogen-bond acceptors (Lipinski definition) is 4. The number of methoxy groups -OCH3 is 2. The molecule has 0 heterocycles. The molecule has 1 atom stereocenters. The van der Waals surface area contributed by atoms with Gasteiger partial charge in [0, 0.05) is 13.7 Å². The molecule has 0 aliphatic heterocycles. The summed E-state index contributed by atoms with van der Waals surface area (Å²) in [5.74, 6) is -1.15. The number of carboxylic acid groups (broad SMARTS) is 1. The van der Waals surface area contributed by atoms with Crippen LogP contribution in [0.25, 0.3) is 0 Å². The summed E-state index contributed by atoms with van der Waals surface area (Å²) < 4.78 is 10.7. The van der Waals surface area contributed by atoms with Gasteiger partial charge in [0.2, 0.25) is 5.91 Å². The minimum atomic E-state index is -0.939. The number of nitrogens with one attached hydrogen (secondary N) is 1. The predicted molar refractivity (Wildman–Crippen MR) is 89.0 cm³/mol. The van der Waals surface area contributed by atoms with Crippen LogP contribution in [0.5, 0.6) is 5.75 Å². The van der Waals surface area contributed by atoms with Gasteiger partial charge in [-0.05, 0) is 37.3 Å². The average molecular weight is 335 g/mol. The van der Waals surface area contributed by atoms with E-state index in [0.29, 0.717) is 12.2 Å². The van der Waals surface area contributed by atoms with Crippen LogP contribution in [0.2, 0.25) is 0 Å². The summed E-state index contributed by atoms with van der Waals surface area (Å²) in [5, 5.41) is 12.2. The lowest BCUT2D eigenvalue weighted by molar-refractivity contribution is -0.142. The molecule has 1 fully saturated rings. The minimum absolute atomic E-state index is 0.0893. The zero-order valence-electron chi connectivity index (χ0n) is 14.2. The Labute approximate surface area is 142 Å². The first kappa shape index (κ1) is 18.3. The van der Waals surface area contributed by atoms with Crippen LogP contribution in [0, 0.1) is 5.92 Å². The highest BCUT2D eigenvalue weighted by atomic mass is 16.5. The Morgan fingerprint density at radius 3 is 2.54 bits per heavy atom. The first-order valence-electron chi connectivity index (χ1n) is 8.16. The number of benzene rings is 1. The van der Waals surface area contributed by atoms with Crippen LogP contribution in [0.3, 0.4) is 0 Å². The van der Waals surface area contributed by atoms with Crippen molar-refractivity contribution in [2.75, 3.05) is 20.8 Å². The number of carboxylic acids is 1. The molecule has 132 valence electrons. The number of ether oxygens (including phenoxy) is 2. The van der Waals surface area contributed by atoms with E-state index in [4.69, 9.17) is 9.47 Å². The zero-order chi connectivity index (χ0) is 17.6. The standard InChI is InChI=1S/C18H25NO5/c1-23-15-7-4-3-6-13(15)10-14(17(21)22)12-19-16(20)11-18(24-2)8-5-9-18/h3-4,6-7,14H,5,8-12H2,1-2H3,(H,19,20)(H,21,22). The van der Waals surface area contributed by atoms with Crippen LogP contribution in [-0.2, 0) is 20.7 Å². The molecule has 6 heteroatoms. The number of rotatable bonds is 9. The number of aliphatic carboxylic acids is 1. The molecule has 1 aliphatic carbocycles. The fourth-order valence-corrected chi connectivity index (χ4v) is 3.00. The van der Waals surface area contributed by atoms with Gasteiger partial charge < -0.3 is 19.9 Å². The fraction of sp³-hybridized carbons (Fsp3) is 0.556. The Balaban J connectivity index is 1.91. The van der Waals surface area contributed by atoms with Crippen molar-refractivity contribution in [1.29, 1.82) is 0 Å². The number of hydrogen-bond donors (Lipinski definition) is 2. The van der Waals surface area contributed by atoms with Crippen molar-refractivity contribution >= 4 is 11.9 Å². The minimum Gasteiger partial charge on any atom is -0.496 e. The Morgan fingerprint density at radius 2 is 2.00 bits per heavy atom. The highest BCUT2D eigenvalue weighted by Gasteiger charge is 2.39. The molecule has 1 aliphatic rings. The molecule has 0 spiro atoms. The lowest BCUT2D eigenvalue weighted by Gasteiger charge is -2.40. The Morgan fingerprint density at radius 1 is 1.29 bits per heavy atom. The quantitative estimate of drug-likeness (QED) is 0.721. The first-order chi connectivity index (χ1) is 11.5. The van der Waals surface area contributed by atoms with Crippen molar-refractivity contribution in [2.45, 2.75) is 37.7 Å². The number of amides is 1. The topological polar surface area (TPSA) is 84.9 Å². The van der Waals surface area contributed by atoms with Crippen LogP contribution in [0.1, 0.15) is 31.2 Å². The second kappa shape index (κ2) is 8.15. The highest BCUT2D eigenvalue weighted by molar-refractivity contribution is 5.78. The molecule has 0 saturated heterocycles. The summed E-state index contributed by atoms with van der Waals surface area (Å²) in [4.78, 5) is 23.6. The fourth-order valence-electron chi connectivity index (χ4n) is 3.00. The largest absolute Gasteiger partial charge is 0.496 e. The third-order valence-electron chi connectivity index (χ3n) is 4.73. The second-order valence-corrected chi connectivity index (χ2v) is 6.27. The van der Waals surface area contributed by atoms with Crippen molar-refractivity contribution in [3.05, 3.63) is 29.8 Å². The van der Waals surface area contributed by atoms with Gasteiger partial charge in [-0.15, -0.1) is 0 Å². The average Bonchev–Trinajstić information content (AvgIpc) is 2.54. The number of carbonyl (C=O) groups is 2. The SMILES string of the molecule is COc1ccccc1CC(CNC(=O)CC1(OC)CCC1)C(=O)O. The van der Waals surface area contributed by atoms with Gasteiger partial charge in [0.1, 0.15) is 5.75 Å². The van der Waals surface area contributed by atoms with Crippen molar-refractivity contribution in [3.63, 3.8) is 0 Å². The van der Waals surface area contributed by atoms with Crippen molar-refractivity contribution in [3.8, 4) is 5.75 Å². The normalized spacial score (nSPS) is 16.8. The van der Waals surface area contributed by atoms with E-state index in [1.807, 2.05) is 18.2 Å². The maximum Gasteiger partial charge on any atom is 0.308 e. The van der Waals surface area contributed by atoms with Crippen LogP contribution in [-0.4, -0.2) is 43.3 Å². The maximum atomic E-state index is 12.1. The van der Waals surface area contributed by atoms with E-state index in [2.05, 4.69) is 5.32 Å². The van der Waals surface area contributed by atoms with Gasteiger partial charge in [-0.2, -0.15) is 0 Å². The molecule has 2 rings (SSSR count). The van der Waals surface area contributed by atoms with E-state index in [0.717, 1.165) is 24.8 Å². The molecule has 0 bridgehead atoms. The molecule has 0 aromatic heterocycles. The van der Waals surface area contributed by atoms with Gasteiger partial charge in [0.15, 0.2) is 0 Å². The van der Waals surface area contributed by atoms with Gasteiger partial charge in [0.05, 0.1) is 25.0 Å². The molecule has 1 aromatic rings. The van der Waals surface area contributed by atoms with Crippen LogP contribution >= 0.6 is 0 Å². The molecule has 2 N–H and O–H groups in total. The Bertz CT molecular complexity index is 577. The molecule has 1 unspecified atom stereocenters. The first-order valence-corrected chi connectivity index (χ1v) is 8.16. The summed E-state index contributed by atoms with van der Waals surface area (Å²) in [6.45, 7) is 0.0893. The summed E-state index contributed by atoms with van der Waals surface area (Å²) in [7, 11) is 3.17. The summed E-state index contributed by atoms with van der Waals surface area (Å²) in [6.07, 6.45) is 3.40.